The largest absolute Gasteiger partial charge is 0.508 e. The van der Waals surface area contributed by atoms with Crippen LogP contribution in [-0.2, 0) is 14.8 Å². The lowest BCUT2D eigenvalue weighted by Gasteiger charge is -2.26. The zero-order valence-electron chi connectivity index (χ0n) is 14.9. The van der Waals surface area contributed by atoms with Crippen molar-refractivity contribution in [1.29, 1.82) is 0 Å². The third kappa shape index (κ3) is 4.56. The Labute approximate surface area is 158 Å². The second-order valence-corrected chi connectivity index (χ2v) is 8.30. The molecular weight excluding hydrogens is 370 g/mol. The van der Waals surface area contributed by atoms with E-state index >= 15 is 0 Å². The predicted molar refractivity (Wildman–Crippen MR) is 100.0 cm³/mol. The van der Waals surface area contributed by atoms with E-state index in [2.05, 4.69) is 10.3 Å². The number of nitrogens with zero attached hydrogens (tertiary/aromatic N) is 2. The smallest absolute Gasteiger partial charge is 0.244 e. The molecule has 3 N–H and O–H groups in total. The van der Waals surface area contributed by atoms with Crippen LogP contribution in [0.4, 0.5) is 5.82 Å². The molecule has 27 heavy (non-hydrogen) atoms. The molecule has 1 fully saturated rings. The normalized spacial score (nSPS) is 18.0. The van der Waals surface area contributed by atoms with Gasteiger partial charge in [-0.2, -0.15) is 4.31 Å². The fraction of sp³-hybridized carbons (Fsp3) is 0.389. The average Bonchev–Trinajstić information content (AvgIpc) is 2.69. The zero-order chi connectivity index (χ0) is 19.4. The van der Waals surface area contributed by atoms with Crippen LogP contribution in [0.3, 0.4) is 0 Å². The number of benzene rings is 1. The molecule has 3 rings (SSSR count). The van der Waals surface area contributed by atoms with Crippen molar-refractivity contribution in [3.8, 4) is 5.75 Å². The molecule has 1 aliphatic heterocycles. The molecule has 1 aromatic heterocycles. The van der Waals surface area contributed by atoms with Gasteiger partial charge in [0.25, 0.3) is 0 Å². The first kappa shape index (κ1) is 19.6. The van der Waals surface area contributed by atoms with Crippen molar-refractivity contribution in [3.05, 3.63) is 48.2 Å². The average molecular weight is 393 g/mol. The Balaban J connectivity index is 1.67. The maximum absolute atomic E-state index is 12.6. The summed E-state index contributed by atoms with van der Waals surface area (Å²) >= 11 is 0. The highest BCUT2D eigenvalue weighted by atomic mass is 32.2. The molecule has 1 saturated heterocycles. The maximum Gasteiger partial charge on any atom is 0.244 e. The second kappa shape index (κ2) is 8.22. The van der Waals surface area contributed by atoms with Gasteiger partial charge < -0.3 is 20.3 Å². The number of ether oxygens (including phenoxy) is 1. The number of morpholine rings is 1. The number of aromatic hydroxyl groups is 1. The van der Waals surface area contributed by atoms with Crippen molar-refractivity contribution in [2.24, 2.45) is 0 Å². The molecule has 1 aromatic carbocycles. The molecular formula is C18H23N3O5S. The van der Waals surface area contributed by atoms with Gasteiger partial charge in [0.15, 0.2) is 0 Å². The van der Waals surface area contributed by atoms with Gasteiger partial charge in [-0.25, -0.2) is 13.4 Å². The fourth-order valence-electron chi connectivity index (χ4n) is 2.83. The van der Waals surface area contributed by atoms with E-state index in [-0.39, 0.29) is 16.7 Å². The second-order valence-electron chi connectivity index (χ2n) is 6.36. The Kier molecular flexibility index (Phi) is 5.95. The van der Waals surface area contributed by atoms with Crippen molar-refractivity contribution < 1.29 is 23.4 Å². The summed E-state index contributed by atoms with van der Waals surface area (Å²) in [7, 11) is -3.58. The number of rotatable bonds is 6. The molecule has 0 amide bonds. The Morgan fingerprint density at radius 3 is 2.41 bits per heavy atom. The molecule has 0 spiro atoms. The standard InChI is InChI=1S/C18H23N3O5S/c1-13(18(23)14-2-4-15(22)5-3-14)20-17-7-6-16(12-19-17)27(24,25)21-8-10-26-11-9-21/h2-7,12-13,18,22-23H,8-11H2,1H3,(H,19,20)/t13-,18-/m0/s1. The van der Waals surface area contributed by atoms with Gasteiger partial charge in [0.1, 0.15) is 16.5 Å². The number of anilines is 1. The summed E-state index contributed by atoms with van der Waals surface area (Å²) in [4.78, 5) is 4.30. The number of aliphatic hydroxyl groups excluding tert-OH is 1. The molecule has 0 unspecified atom stereocenters. The summed E-state index contributed by atoms with van der Waals surface area (Å²) < 4.78 is 31.8. The van der Waals surface area contributed by atoms with Gasteiger partial charge in [-0.15, -0.1) is 0 Å². The summed E-state index contributed by atoms with van der Waals surface area (Å²) in [5.41, 5.74) is 0.652. The van der Waals surface area contributed by atoms with Crippen LogP contribution in [-0.4, -0.2) is 60.3 Å². The molecule has 1 aliphatic rings. The number of sulfonamides is 1. The molecule has 0 aliphatic carbocycles. The van der Waals surface area contributed by atoms with E-state index in [9.17, 15) is 18.6 Å². The highest BCUT2D eigenvalue weighted by Crippen LogP contribution is 2.23. The third-order valence-electron chi connectivity index (χ3n) is 4.43. The van der Waals surface area contributed by atoms with Crippen LogP contribution in [0.5, 0.6) is 5.75 Å². The van der Waals surface area contributed by atoms with Crippen LogP contribution in [0.25, 0.3) is 0 Å². The van der Waals surface area contributed by atoms with Gasteiger partial charge in [-0.1, -0.05) is 12.1 Å². The quantitative estimate of drug-likeness (QED) is 0.679. The first-order valence-corrected chi connectivity index (χ1v) is 10.1. The van der Waals surface area contributed by atoms with Crippen LogP contribution in [0.2, 0.25) is 0 Å². The number of hydrogen-bond donors (Lipinski definition) is 3. The van der Waals surface area contributed by atoms with Crippen LogP contribution < -0.4 is 5.32 Å². The third-order valence-corrected chi connectivity index (χ3v) is 6.31. The number of aromatic nitrogens is 1. The van der Waals surface area contributed by atoms with Gasteiger partial charge in [-0.05, 0) is 36.8 Å². The number of pyridine rings is 1. The Morgan fingerprint density at radius 1 is 1.15 bits per heavy atom. The van der Waals surface area contributed by atoms with Crippen LogP contribution in [0.1, 0.15) is 18.6 Å². The first-order chi connectivity index (χ1) is 12.9. The summed E-state index contributed by atoms with van der Waals surface area (Å²) in [6.07, 6.45) is 0.497. The van der Waals surface area contributed by atoms with Gasteiger partial charge in [0.05, 0.1) is 25.4 Å². The lowest BCUT2D eigenvalue weighted by Crippen LogP contribution is -2.40. The van der Waals surface area contributed by atoms with E-state index < -0.39 is 16.1 Å². The highest BCUT2D eigenvalue weighted by Gasteiger charge is 2.26. The van der Waals surface area contributed by atoms with Crippen LogP contribution in [0, 0.1) is 0 Å². The SMILES string of the molecule is C[C@H](Nc1ccc(S(=O)(=O)N2CCOCC2)cn1)[C@H](O)c1ccc(O)cc1. The number of hydrogen-bond acceptors (Lipinski definition) is 7. The topological polar surface area (TPSA) is 112 Å². The van der Waals surface area contributed by atoms with Crippen molar-refractivity contribution in [3.63, 3.8) is 0 Å². The summed E-state index contributed by atoms with van der Waals surface area (Å²) in [6, 6.07) is 9.01. The van der Waals surface area contributed by atoms with E-state index in [1.807, 2.05) is 0 Å². The zero-order valence-corrected chi connectivity index (χ0v) is 15.8. The van der Waals surface area contributed by atoms with E-state index in [1.165, 1.54) is 28.7 Å². The molecule has 2 aromatic rings. The summed E-state index contributed by atoms with van der Waals surface area (Å²) in [5, 5.41) is 22.8. The minimum Gasteiger partial charge on any atom is -0.508 e. The Morgan fingerprint density at radius 2 is 1.81 bits per heavy atom. The lowest BCUT2D eigenvalue weighted by atomic mass is 10.0. The molecule has 2 heterocycles. The Bertz CT molecular complexity index is 850. The van der Waals surface area contributed by atoms with Crippen molar-refractivity contribution in [2.45, 2.75) is 24.0 Å². The minimum atomic E-state index is -3.58. The molecule has 146 valence electrons. The molecule has 0 radical (unpaired) electrons. The van der Waals surface area contributed by atoms with Crippen LogP contribution in [0.15, 0.2) is 47.5 Å². The van der Waals surface area contributed by atoms with E-state index in [1.54, 1.807) is 25.1 Å². The monoisotopic (exact) mass is 393 g/mol. The van der Waals surface area contributed by atoms with Gasteiger partial charge in [0.2, 0.25) is 10.0 Å². The van der Waals surface area contributed by atoms with Crippen molar-refractivity contribution in [1.82, 2.24) is 9.29 Å². The van der Waals surface area contributed by atoms with E-state index in [0.717, 1.165) is 0 Å². The van der Waals surface area contributed by atoms with Crippen molar-refractivity contribution >= 4 is 15.8 Å². The fourth-order valence-corrected chi connectivity index (χ4v) is 4.18. The maximum atomic E-state index is 12.6. The molecule has 0 saturated carbocycles. The van der Waals surface area contributed by atoms with E-state index in [4.69, 9.17) is 4.74 Å². The number of nitrogens with one attached hydrogen (secondary N) is 1. The highest BCUT2D eigenvalue weighted by molar-refractivity contribution is 7.89. The first-order valence-electron chi connectivity index (χ1n) is 8.65. The minimum absolute atomic E-state index is 0.127. The lowest BCUT2D eigenvalue weighted by molar-refractivity contribution is 0.0730. The van der Waals surface area contributed by atoms with Gasteiger partial charge >= 0.3 is 0 Å². The Hall–Kier alpha value is -2.20. The number of phenols is 1. The van der Waals surface area contributed by atoms with Crippen molar-refractivity contribution in [2.75, 3.05) is 31.6 Å². The number of aliphatic hydroxyl groups is 1. The molecule has 0 bridgehead atoms. The predicted octanol–water partition coefficient (Wildman–Crippen LogP) is 1.34. The molecule has 8 nitrogen and oxygen atoms in total. The van der Waals surface area contributed by atoms with Crippen LogP contribution >= 0.6 is 0 Å². The molecule has 2 atom stereocenters. The van der Waals surface area contributed by atoms with Gasteiger partial charge in [-0.3, -0.25) is 0 Å². The summed E-state index contributed by atoms with van der Waals surface area (Å²) in [6.45, 7) is 3.23. The molecule has 9 heteroatoms. The van der Waals surface area contributed by atoms with E-state index in [0.29, 0.717) is 37.7 Å². The number of phenolic OH excluding ortho intramolecular Hbond substituents is 1. The summed E-state index contributed by atoms with van der Waals surface area (Å²) in [5.74, 6) is 0.589. The van der Waals surface area contributed by atoms with Gasteiger partial charge in [0, 0.05) is 19.3 Å².